The van der Waals surface area contributed by atoms with Gasteiger partial charge in [-0.1, -0.05) is 0 Å². The first-order valence-corrected chi connectivity index (χ1v) is 3.30. The smallest absolute Gasteiger partial charge is 0.155 e. The molecule has 0 bridgehead atoms. The molecule has 0 radical (unpaired) electrons. The fraction of sp³-hybridized carbons (Fsp3) is 0. The highest BCUT2D eigenvalue weighted by Gasteiger charge is 2.03. The zero-order valence-electron chi connectivity index (χ0n) is 6.17. The molecule has 0 amide bonds. The van der Waals surface area contributed by atoms with E-state index in [0.29, 0.717) is 5.39 Å². The Morgan fingerprint density at radius 1 is 1.25 bits per heavy atom. The lowest BCUT2D eigenvalue weighted by atomic mass is 10.2. The van der Waals surface area contributed by atoms with Crippen molar-refractivity contribution in [2.45, 2.75) is 0 Å². The van der Waals surface area contributed by atoms with Gasteiger partial charge in [-0.2, -0.15) is 0 Å². The van der Waals surface area contributed by atoms with Crippen LogP contribution in [0.2, 0.25) is 0 Å². The van der Waals surface area contributed by atoms with Crippen LogP contribution in [0.25, 0.3) is 10.9 Å². The molecule has 1 heterocycles. The number of halogens is 2. The van der Waals surface area contributed by atoms with Crippen LogP contribution in [0, 0.1) is 5.82 Å². The van der Waals surface area contributed by atoms with E-state index in [4.69, 9.17) is 5.73 Å². The highest BCUT2D eigenvalue weighted by molar-refractivity contribution is 5.85. The lowest BCUT2D eigenvalue weighted by molar-refractivity contribution is 0.644. The van der Waals surface area contributed by atoms with Crippen molar-refractivity contribution in [1.29, 1.82) is 0 Å². The molecule has 0 unspecified atom stereocenters. The fourth-order valence-corrected chi connectivity index (χ4v) is 1.11. The fourth-order valence-electron chi connectivity index (χ4n) is 1.11. The van der Waals surface area contributed by atoms with E-state index in [2.05, 4.69) is 4.98 Å². The summed E-state index contributed by atoms with van der Waals surface area (Å²) in [6.07, 6.45) is 1.69. The Morgan fingerprint density at radius 3 is 2.75 bits per heavy atom. The Bertz CT molecular complexity index is 397. The van der Waals surface area contributed by atoms with Crippen LogP contribution in [0.3, 0.4) is 0 Å². The molecule has 2 rings (SSSR count). The molecule has 0 atom stereocenters. The van der Waals surface area contributed by atoms with Gasteiger partial charge in [0.25, 0.3) is 0 Å². The third-order valence-corrected chi connectivity index (χ3v) is 1.70. The second-order valence-corrected chi connectivity index (χ2v) is 2.41. The van der Waals surface area contributed by atoms with E-state index < -0.39 is 0 Å². The van der Waals surface area contributed by atoms with Gasteiger partial charge in [-0.3, -0.25) is 0 Å². The van der Waals surface area contributed by atoms with E-state index in [1.807, 2.05) is 0 Å². The van der Waals surface area contributed by atoms with Gasteiger partial charge >= 0.3 is 0 Å². The number of aromatic amines is 1. The normalized spacial score (nSPS) is 9.75. The molecule has 3 N–H and O–H groups in total. The maximum absolute atomic E-state index is 13.1. The molecule has 1 aromatic heterocycles. The van der Waals surface area contributed by atoms with Crippen molar-refractivity contribution in [1.82, 2.24) is 4.98 Å². The summed E-state index contributed by atoms with van der Waals surface area (Å²) in [6.45, 7) is 0. The van der Waals surface area contributed by atoms with Crippen LogP contribution in [-0.4, -0.2) is 4.98 Å². The molecule has 0 saturated heterocycles. The number of nitrogens with two attached hydrogens (primary N) is 1. The molecule has 0 aliphatic carbocycles. The van der Waals surface area contributed by atoms with E-state index in [1.54, 1.807) is 24.4 Å². The number of hydrogen-bond donors (Lipinski definition) is 2. The highest BCUT2D eigenvalue weighted by Crippen LogP contribution is 2.20. The number of aromatic nitrogens is 1. The average molecular weight is 187 g/mol. The van der Waals surface area contributed by atoms with E-state index in [1.165, 1.54) is 0 Å². The Morgan fingerprint density at radius 2 is 2.00 bits per heavy atom. The number of hydrogen-bond acceptors (Lipinski definition) is 1. The minimum atomic E-state index is -0.344. The quantitative estimate of drug-likeness (QED) is 0.610. The van der Waals surface area contributed by atoms with Gasteiger partial charge in [0.15, 0.2) is 5.82 Å². The summed E-state index contributed by atoms with van der Waals surface area (Å²) in [4.78, 5) is 2.89. The van der Waals surface area contributed by atoms with Crippen LogP contribution in [0.5, 0.6) is 0 Å². The molecule has 2 aromatic rings. The highest BCUT2D eigenvalue weighted by atomic mass is 35.5. The maximum atomic E-state index is 13.1. The Kier molecular flexibility index (Phi) is 2.24. The van der Waals surface area contributed by atoms with Crippen LogP contribution in [-0.2, 0) is 0 Å². The van der Waals surface area contributed by atoms with Crippen molar-refractivity contribution in [3.05, 3.63) is 30.2 Å². The number of anilines is 1. The second kappa shape index (κ2) is 3.03. The summed E-state index contributed by atoms with van der Waals surface area (Å²) in [5.41, 5.74) is 6.32. The van der Waals surface area contributed by atoms with Gasteiger partial charge in [0.05, 0.1) is 5.69 Å². The number of fused-ring (bicyclic) bond motifs is 1. The van der Waals surface area contributed by atoms with Gasteiger partial charge in [0.2, 0.25) is 0 Å². The van der Waals surface area contributed by atoms with Crippen LogP contribution < -0.4 is 5.73 Å². The van der Waals surface area contributed by atoms with Gasteiger partial charge in [0, 0.05) is 17.1 Å². The molecule has 0 aliphatic heterocycles. The molecule has 0 spiro atoms. The lowest BCUT2D eigenvalue weighted by Gasteiger charge is -1.95. The van der Waals surface area contributed by atoms with Crippen molar-refractivity contribution >= 4 is 29.0 Å². The van der Waals surface area contributed by atoms with Crippen LogP contribution >= 0.6 is 12.4 Å². The Balaban J connectivity index is 0.000000720. The molecule has 0 aliphatic rings. The zero-order chi connectivity index (χ0) is 7.84. The number of benzene rings is 1. The minimum Gasteiger partial charge on any atom is -0.396 e. The molecule has 64 valence electrons. The summed E-state index contributed by atoms with van der Waals surface area (Å²) in [6, 6.07) is 4.98. The van der Waals surface area contributed by atoms with E-state index in [9.17, 15) is 4.39 Å². The molecular weight excluding hydrogens is 179 g/mol. The summed E-state index contributed by atoms with van der Waals surface area (Å²) in [5.74, 6) is -0.344. The van der Waals surface area contributed by atoms with Crippen LogP contribution in [0.1, 0.15) is 0 Å². The monoisotopic (exact) mass is 186 g/mol. The standard InChI is InChI=1S/C8H7FN2.ClH/c9-8-5-3-4-11-7(5)2-1-6(8)10;/h1-4,11H,10H2;1H. The molecule has 1 aromatic carbocycles. The van der Waals surface area contributed by atoms with Gasteiger partial charge in [-0.15, -0.1) is 12.4 Å². The summed E-state index contributed by atoms with van der Waals surface area (Å²) < 4.78 is 13.1. The van der Waals surface area contributed by atoms with Gasteiger partial charge < -0.3 is 10.7 Å². The van der Waals surface area contributed by atoms with Gasteiger partial charge in [0.1, 0.15) is 0 Å². The third-order valence-electron chi connectivity index (χ3n) is 1.70. The topological polar surface area (TPSA) is 41.8 Å². The first-order chi connectivity index (χ1) is 5.29. The minimum absolute atomic E-state index is 0. The molecule has 2 nitrogen and oxygen atoms in total. The van der Waals surface area contributed by atoms with E-state index in [-0.39, 0.29) is 23.9 Å². The van der Waals surface area contributed by atoms with Crippen LogP contribution in [0.15, 0.2) is 24.4 Å². The summed E-state index contributed by atoms with van der Waals surface area (Å²) in [7, 11) is 0. The third kappa shape index (κ3) is 1.12. The van der Waals surface area contributed by atoms with Crippen molar-refractivity contribution in [3.8, 4) is 0 Å². The van der Waals surface area contributed by atoms with Crippen LogP contribution in [0.4, 0.5) is 10.1 Å². The SMILES string of the molecule is Cl.Nc1ccc2[nH]ccc2c1F. The average Bonchev–Trinajstić information content (AvgIpc) is 2.45. The van der Waals surface area contributed by atoms with E-state index >= 15 is 0 Å². The molecule has 0 saturated carbocycles. The number of H-pyrrole nitrogens is 1. The molecular formula is C8H8ClFN2. The second-order valence-electron chi connectivity index (χ2n) is 2.41. The number of nitrogen functional groups attached to an aromatic ring is 1. The first kappa shape index (κ1) is 8.87. The maximum Gasteiger partial charge on any atom is 0.155 e. The predicted octanol–water partition coefficient (Wildman–Crippen LogP) is 2.31. The molecule has 4 heteroatoms. The largest absolute Gasteiger partial charge is 0.396 e. The van der Waals surface area contributed by atoms with Crippen molar-refractivity contribution in [2.75, 3.05) is 5.73 Å². The van der Waals surface area contributed by atoms with E-state index in [0.717, 1.165) is 5.52 Å². The lowest BCUT2D eigenvalue weighted by Crippen LogP contribution is -1.89. The molecule has 12 heavy (non-hydrogen) atoms. The Hall–Kier alpha value is -1.22. The van der Waals surface area contributed by atoms with Gasteiger partial charge in [-0.05, 0) is 18.2 Å². The summed E-state index contributed by atoms with van der Waals surface area (Å²) >= 11 is 0. The zero-order valence-corrected chi connectivity index (χ0v) is 6.99. The molecule has 0 fully saturated rings. The Labute approximate surface area is 75.0 Å². The first-order valence-electron chi connectivity index (χ1n) is 3.30. The predicted molar refractivity (Wildman–Crippen MR) is 49.9 cm³/mol. The number of rotatable bonds is 0. The van der Waals surface area contributed by atoms with Crippen molar-refractivity contribution in [2.24, 2.45) is 0 Å². The van der Waals surface area contributed by atoms with Crippen molar-refractivity contribution < 1.29 is 4.39 Å². The summed E-state index contributed by atoms with van der Waals surface area (Å²) in [5, 5.41) is 0.546. The number of nitrogens with one attached hydrogen (secondary N) is 1. The van der Waals surface area contributed by atoms with Crippen molar-refractivity contribution in [3.63, 3.8) is 0 Å². The van der Waals surface area contributed by atoms with Gasteiger partial charge in [-0.25, -0.2) is 4.39 Å².